The molecule has 5 aliphatic rings. The third kappa shape index (κ3) is 3.65. The summed E-state index contributed by atoms with van der Waals surface area (Å²) in [6, 6.07) is 0.932. The van der Waals surface area contributed by atoms with Crippen LogP contribution in [-0.2, 0) is 14.3 Å². The van der Waals surface area contributed by atoms with Crippen LogP contribution in [0.4, 0.5) is 0 Å². The zero-order valence-electron chi connectivity index (χ0n) is 23.2. The predicted molar refractivity (Wildman–Crippen MR) is 139 cm³/mol. The van der Waals surface area contributed by atoms with Gasteiger partial charge in [-0.15, -0.1) is 0 Å². The minimum absolute atomic E-state index is 0.0610. The number of fused-ring (bicyclic) bond motifs is 4. The lowest BCUT2D eigenvalue weighted by Crippen LogP contribution is -2.55. The molecule has 4 fully saturated rings. The van der Waals surface area contributed by atoms with E-state index in [4.69, 9.17) is 4.74 Å². The van der Waals surface area contributed by atoms with Gasteiger partial charge >= 0.3 is 5.97 Å². The number of ether oxygens (including phenoxy) is 1. The zero-order chi connectivity index (χ0) is 25.3. The Morgan fingerprint density at radius 2 is 1.89 bits per heavy atom. The summed E-state index contributed by atoms with van der Waals surface area (Å²) in [4.78, 5) is 29.6. The quantitative estimate of drug-likeness (QED) is 0.394. The number of rotatable bonds is 4. The Kier molecular flexibility index (Phi) is 6.22. The van der Waals surface area contributed by atoms with Crippen molar-refractivity contribution < 1.29 is 14.3 Å². The van der Waals surface area contributed by atoms with Crippen molar-refractivity contribution in [3.8, 4) is 0 Å². The van der Waals surface area contributed by atoms with E-state index in [1.165, 1.54) is 45.6 Å². The van der Waals surface area contributed by atoms with Gasteiger partial charge in [-0.1, -0.05) is 25.5 Å². The first-order valence-electron chi connectivity index (χ1n) is 14.3. The summed E-state index contributed by atoms with van der Waals surface area (Å²) >= 11 is 0. The molecule has 196 valence electrons. The molecular weight excluding hydrogens is 436 g/mol. The molecular formula is C30H48N2O3. The van der Waals surface area contributed by atoms with Crippen molar-refractivity contribution in [3.05, 3.63) is 11.6 Å². The number of carbonyl (C=O) groups is 2. The lowest BCUT2D eigenvalue weighted by molar-refractivity contribution is -0.172. The highest BCUT2D eigenvalue weighted by atomic mass is 16.6. The van der Waals surface area contributed by atoms with Crippen LogP contribution >= 0.6 is 0 Å². The monoisotopic (exact) mass is 484 g/mol. The minimum atomic E-state index is -1.07. The minimum Gasteiger partial charge on any atom is -0.449 e. The smallest absolute Gasteiger partial charge is 0.303 e. The Hall–Kier alpha value is -1.36. The van der Waals surface area contributed by atoms with Crippen LogP contribution < -0.4 is 0 Å². The van der Waals surface area contributed by atoms with Crippen LogP contribution in [-0.4, -0.2) is 60.0 Å². The van der Waals surface area contributed by atoms with Crippen LogP contribution in [0.1, 0.15) is 92.4 Å². The topological polar surface area (TPSA) is 49.9 Å². The molecule has 0 bridgehead atoms. The number of likely N-dealkylation sites (N-methyl/N-ethyl adjacent to an activating group) is 1. The first kappa shape index (κ1) is 25.3. The molecule has 1 heterocycles. The van der Waals surface area contributed by atoms with E-state index in [1.54, 1.807) is 12.5 Å². The van der Waals surface area contributed by atoms with Gasteiger partial charge in [-0.2, -0.15) is 0 Å². The molecule has 4 aliphatic carbocycles. The second kappa shape index (κ2) is 8.60. The SMILES string of the molecule is CCC(C)(OC(C)=O)C(=O)N(C)[C@H]1CC[C@@]2(C)C(=CC[C@@H]3C2CC[C@]24CN(C)[C@@H](C)[C@H]2CC[C@@H]34)C1. The van der Waals surface area contributed by atoms with Crippen molar-refractivity contribution in [2.45, 2.75) is 110 Å². The third-order valence-electron chi connectivity index (χ3n) is 12.0. The number of hydrogen-bond donors (Lipinski definition) is 0. The van der Waals surface area contributed by atoms with Crippen LogP contribution in [0.25, 0.3) is 0 Å². The highest BCUT2D eigenvalue weighted by molar-refractivity contribution is 5.87. The van der Waals surface area contributed by atoms with Gasteiger partial charge in [0.15, 0.2) is 5.60 Å². The predicted octanol–water partition coefficient (Wildman–Crippen LogP) is 5.44. The molecule has 0 aromatic heterocycles. The van der Waals surface area contributed by atoms with Gasteiger partial charge < -0.3 is 14.5 Å². The Balaban J connectivity index is 1.34. The largest absolute Gasteiger partial charge is 0.449 e. The van der Waals surface area contributed by atoms with Gasteiger partial charge in [0, 0.05) is 32.6 Å². The van der Waals surface area contributed by atoms with Crippen LogP contribution in [0.2, 0.25) is 0 Å². The van der Waals surface area contributed by atoms with Gasteiger partial charge in [-0.3, -0.25) is 9.59 Å². The molecule has 9 atom stereocenters. The molecule has 5 nitrogen and oxygen atoms in total. The Labute approximate surface area is 213 Å². The summed E-state index contributed by atoms with van der Waals surface area (Å²) in [5.74, 6) is 2.97. The van der Waals surface area contributed by atoms with Crippen molar-refractivity contribution >= 4 is 11.9 Å². The summed E-state index contributed by atoms with van der Waals surface area (Å²) in [5, 5.41) is 0. The molecule has 0 N–H and O–H groups in total. The maximum absolute atomic E-state index is 13.4. The molecule has 0 aromatic rings. The molecule has 5 heteroatoms. The van der Waals surface area contributed by atoms with Gasteiger partial charge in [-0.05, 0) is 113 Å². The number of esters is 1. The fourth-order valence-electron chi connectivity index (χ4n) is 9.90. The summed E-state index contributed by atoms with van der Waals surface area (Å²) in [5.41, 5.74) is 1.38. The first-order valence-corrected chi connectivity index (χ1v) is 14.3. The fraction of sp³-hybridized carbons (Fsp3) is 0.867. The molecule has 1 spiro atoms. The van der Waals surface area contributed by atoms with Gasteiger partial charge in [0.2, 0.25) is 0 Å². The van der Waals surface area contributed by atoms with Crippen LogP contribution in [0.5, 0.6) is 0 Å². The van der Waals surface area contributed by atoms with E-state index in [2.05, 4.69) is 31.9 Å². The molecule has 1 aliphatic heterocycles. The number of hydrogen-bond acceptors (Lipinski definition) is 4. The molecule has 0 aromatic carbocycles. The standard InChI is InChI=1S/C30H48N2O3/c1-8-29(5,35-20(3)33)27(34)32(7)22-13-15-28(4)21(17-22)9-10-23-25(28)14-16-30-18-31(6)19(2)24(30)11-12-26(23)30/h9,19,22-26H,8,10-18H2,1-7H3/t19-,22-,23+,24+,25?,26-,28-,29?,30-/m0/s1. The van der Waals surface area contributed by atoms with Crippen LogP contribution in [0, 0.1) is 34.5 Å². The molecule has 1 saturated heterocycles. The van der Waals surface area contributed by atoms with Crippen molar-refractivity contribution in [1.82, 2.24) is 9.80 Å². The van der Waals surface area contributed by atoms with E-state index >= 15 is 0 Å². The fourth-order valence-corrected chi connectivity index (χ4v) is 9.90. The van der Waals surface area contributed by atoms with E-state index in [0.717, 1.165) is 49.0 Å². The van der Waals surface area contributed by atoms with Gasteiger partial charge in [-0.25, -0.2) is 0 Å². The summed E-state index contributed by atoms with van der Waals surface area (Å²) < 4.78 is 5.50. The van der Waals surface area contributed by atoms with Crippen LogP contribution in [0.15, 0.2) is 11.6 Å². The second-order valence-electron chi connectivity index (χ2n) is 13.4. The summed E-state index contributed by atoms with van der Waals surface area (Å²) in [6.07, 6.45) is 13.2. The molecule has 0 radical (unpaired) electrons. The zero-order valence-corrected chi connectivity index (χ0v) is 23.2. The Morgan fingerprint density at radius 1 is 1.17 bits per heavy atom. The maximum Gasteiger partial charge on any atom is 0.303 e. The summed E-state index contributed by atoms with van der Waals surface area (Å²) in [7, 11) is 4.27. The normalized spacial score (nSPS) is 44.3. The van der Waals surface area contributed by atoms with E-state index in [-0.39, 0.29) is 23.3 Å². The molecule has 5 rings (SSSR count). The summed E-state index contributed by atoms with van der Waals surface area (Å²) in [6.45, 7) is 11.4. The molecule has 1 amide bonds. The van der Waals surface area contributed by atoms with Crippen LogP contribution in [0.3, 0.4) is 0 Å². The second-order valence-corrected chi connectivity index (χ2v) is 13.4. The lowest BCUT2D eigenvalue weighted by atomic mass is 9.47. The number of nitrogens with zero attached hydrogens (tertiary/aromatic N) is 2. The van der Waals surface area contributed by atoms with Crippen molar-refractivity contribution in [2.24, 2.45) is 34.5 Å². The van der Waals surface area contributed by atoms with Crippen molar-refractivity contribution in [2.75, 3.05) is 20.6 Å². The molecule has 35 heavy (non-hydrogen) atoms. The Morgan fingerprint density at radius 3 is 2.57 bits per heavy atom. The highest BCUT2D eigenvalue weighted by Gasteiger charge is 2.64. The van der Waals surface area contributed by atoms with Crippen molar-refractivity contribution in [1.29, 1.82) is 0 Å². The number of allylic oxidation sites excluding steroid dienone is 1. The number of amides is 1. The highest BCUT2D eigenvalue weighted by Crippen LogP contribution is 2.68. The van der Waals surface area contributed by atoms with E-state index in [1.807, 2.05) is 18.9 Å². The van der Waals surface area contributed by atoms with Gasteiger partial charge in [0.25, 0.3) is 5.91 Å². The molecule has 2 unspecified atom stereocenters. The first-order chi connectivity index (χ1) is 16.5. The van der Waals surface area contributed by atoms with Crippen molar-refractivity contribution in [3.63, 3.8) is 0 Å². The maximum atomic E-state index is 13.4. The third-order valence-corrected chi connectivity index (χ3v) is 12.0. The van der Waals surface area contributed by atoms with E-state index in [9.17, 15) is 9.59 Å². The van der Waals surface area contributed by atoms with E-state index < -0.39 is 5.60 Å². The average molecular weight is 485 g/mol. The van der Waals surface area contributed by atoms with E-state index in [0.29, 0.717) is 11.8 Å². The lowest BCUT2D eigenvalue weighted by Gasteiger charge is -2.58. The average Bonchev–Trinajstić information content (AvgIpc) is 3.30. The molecule has 3 saturated carbocycles. The number of likely N-dealkylation sites (tertiary alicyclic amines) is 1. The Bertz CT molecular complexity index is 915. The van der Waals surface area contributed by atoms with Gasteiger partial charge in [0.1, 0.15) is 0 Å². The number of carbonyl (C=O) groups excluding carboxylic acids is 2. The van der Waals surface area contributed by atoms with Gasteiger partial charge in [0.05, 0.1) is 0 Å².